The molecule has 1 fully saturated rings. The van der Waals surface area contributed by atoms with Crippen molar-refractivity contribution < 1.29 is 9.90 Å². The molecule has 0 saturated carbocycles. The first-order valence-corrected chi connectivity index (χ1v) is 15.7. The van der Waals surface area contributed by atoms with E-state index in [1.54, 1.807) is 31.4 Å². The van der Waals surface area contributed by atoms with E-state index in [-0.39, 0.29) is 24.0 Å². The van der Waals surface area contributed by atoms with Gasteiger partial charge in [-0.1, -0.05) is 53.7 Å². The highest BCUT2D eigenvalue weighted by molar-refractivity contribution is 7.99. The number of fused-ring (bicyclic) bond motifs is 2. The molecule has 1 saturated heterocycles. The number of aliphatic hydroxyl groups excluding tert-OH is 1. The topological polar surface area (TPSA) is 135 Å². The van der Waals surface area contributed by atoms with E-state index in [1.807, 2.05) is 22.9 Å². The number of imidazole rings is 1. The third-order valence-corrected chi connectivity index (χ3v) is 10.3. The van der Waals surface area contributed by atoms with Gasteiger partial charge in [0.1, 0.15) is 22.1 Å². The Balaban J connectivity index is 1.09. The second-order valence-corrected chi connectivity index (χ2v) is 12.7. The fraction of sp³-hybridized carbons (Fsp3) is 0.281. The van der Waals surface area contributed by atoms with Gasteiger partial charge in [-0.3, -0.25) is 4.79 Å². The number of pyridine rings is 2. The average Bonchev–Trinajstić information content (AvgIpc) is 3.62. The lowest BCUT2D eigenvalue weighted by atomic mass is 9.73. The summed E-state index contributed by atoms with van der Waals surface area (Å²) in [7, 11) is 1.57. The molecule has 1 amide bonds. The first kappa shape index (κ1) is 28.7. The number of amides is 1. The van der Waals surface area contributed by atoms with Gasteiger partial charge < -0.3 is 25.5 Å². The highest BCUT2D eigenvalue weighted by Gasteiger charge is 2.46. The van der Waals surface area contributed by atoms with Gasteiger partial charge in [0.25, 0.3) is 5.91 Å². The SMILES string of the molecule is CNC(=O)c1cccc(-c2cn3ccc(Sc4cnc(N5CCC6(CC5)Cc5ccccc5[C@H]6N)c(CO)n4)c(Cl)c3n2)n1. The summed E-state index contributed by atoms with van der Waals surface area (Å²) in [6, 6.07) is 15.7. The van der Waals surface area contributed by atoms with Crippen molar-refractivity contribution in [2.45, 2.75) is 41.8 Å². The summed E-state index contributed by atoms with van der Waals surface area (Å²) in [6.07, 6.45) is 8.34. The Kier molecular flexibility index (Phi) is 7.49. The maximum Gasteiger partial charge on any atom is 0.269 e. The molecule has 0 radical (unpaired) electrons. The van der Waals surface area contributed by atoms with Crippen LogP contribution in [0.4, 0.5) is 5.82 Å². The van der Waals surface area contributed by atoms with E-state index < -0.39 is 0 Å². The minimum absolute atomic E-state index is 0.0419. The Morgan fingerprint density at radius 1 is 1.11 bits per heavy atom. The normalized spacial score (nSPS) is 17.3. The zero-order chi connectivity index (χ0) is 30.4. The number of aliphatic hydroxyl groups is 1. The lowest BCUT2D eigenvalue weighted by Crippen LogP contribution is -2.45. The van der Waals surface area contributed by atoms with Crippen molar-refractivity contribution >= 4 is 40.7 Å². The van der Waals surface area contributed by atoms with Crippen molar-refractivity contribution in [2.24, 2.45) is 11.1 Å². The van der Waals surface area contributed by atoms with E-state index in [2.05, 4.69) is 39.5 Å². The predicted octanol–water partition coefficient (Wildman–Crippen LogP) is 4.69. The molecule has 4 aromatic heterocycles. The Morgan fingerprint density at radius 3 is 2.70 bits per heavy atom. The molecule has 4 N–H and O–H groups in total. The monoisotopic (exact) mass is 626 g/mol. The maximum absolute atomic E-state index is 12.0. The average molecular weight is 627 g/mol. The molecule has 1 aromatic carbocycles. The Hall–Kier alpha value is -4.03. The van der Waals surface area contributed by atoms with Crippen LogP contribution in [0.5, 0.6) is 0 Å². The first-order chi connectivity index (χ1) is 21.4. The molecule has 10 nitrogen and oxygen atoms in total. The number of nitrogens with one attached hydrogen (secondary N) is 1. The summed E-state index contributed by atoms with van der Waals surface area (Å²) in [5.74, 6) is 0.441. The number of carbonyl (C=O) groups is 1. The summed E-state index contributed by atoms with van der Waals surface area (Å²) in [5.41, 5.74) is 12.0. The molecular weight excluding hydrogens is 596 g/mol. The summed E-state index contributed by atoms with van der Waals surface area (Å²) in [5, 5.41) is 13.9. The van der Waals surface area contributed by atoms with Crippen molar-refractivity contribution in [3.63, 3.8) is 0 Å². The minimum Gasteiger partial charge on any atom is -0.390 e. The smallest absolute Gasteiger partial charge is 0.269 e. The number of halogens is 1. The van der Waals surface area contributed by atoms with E-state index in [9.17, 15) is 9.90 Å². The summed E-state index contributed by atoms with van der Waals surface area (Å²) < 4.78 is 1.82. The van der Waals surface area contributed by atoms with Gasteiger partial charge in [0, 0.05) is 43.5 Å². The van der Waals surface area contributed by atoms with Gasteiger partial charge in [-0.2, -0.15) is 0 Å². The van der Waals surface area contributed by atoms with Crippen LogP contribution in [-0.2, 0) is 13.0 Å². The Morgan fingerprint density at radius 2 is 1.93 bits per heavy atom. The molecule has 1 aliphatic heterocycles. The molecule has 1 spiro atoms. The van der Waals surface area contributed by atoms with E-state index in [0.29, 0.717) is 44.3 Å². The number of hydrogen-bond acceptors (Lipinski definition) is 9. The van der Waals surface area contributed by atoms with Crippen LogP contribution in [0, 0.1) is 5.41 Å². The zero-order valence-corrected chi connectivity index (χ0v) is 25.6. The van der Waals surface area contributed by atoms with Gasteiger partial charge >= 0.3 is 0 Å². The van der Waals surface area contributed by atoms with E-state index in [1.165, 1.54) is 22.9 Å². The number of benzene rings is 1. The van der Waals surface area contributed by atoms with E-state index in [0.717, 1.165) is 37.2 Å². The summed E-state index contributed by atoms with van der Waals surface area (Å²) in [4.78, 5) is 33.7. The molecule has 12 heteroatoms. The van der Waals surface area contributed by atoms with Crippen molar-refractivity contribution in [3.8, 4) is 11.4 Å². The van der Waals surface area contributed by atoms with Gasteiger partial charge in [-0.25, -0.2) is 19.9 Å². The molecule has 224 valence electrons. The van der Waals surface area contributed by atoms with E-state index in [4.69, 9.17) is 32.3 Å². The molecular formula is C32H31ClN8O2S. The fourth-order valence-corrected chi connectivity index (χ4v) is 7.55. The zero-order valence-electron chi connectivity index (χ0n) is 24.1. The van der Waals surface area contributed by atoms with Crippen LogP contribution in [0.1, 0.15) is 46.2 Å². The second kappa shape index (κ2) is 11.5. The van der Waals surface area contributed by atoms with Crippen LogP contribution in [0.3, 0.4) is 0 Å². The number of anilines is 1. The van der Waals surface area contributed by atoms with Crippen LogP contribution in [-0.4, -0.2) is 55.5 Å². The molecule has 1 aliphatic carbocycles. The maximum atomic E-state index is 12.0. The minimum atomic E-state index is -0.269. The highest BCUT2D eigenvalue weighted by Crippen LogP contribution is 2.51. The Labute approximate surface area is 263 Å². The molecule has 7 rings (SSSR count). The highest BCUT2D eigenvalue weighted by atomic mass is 35.5. The summed E-state index contributed by atoms with van der Waals surface area (Å²) in [6.45, 7) is 1.39. The van der Waals surface area contributed by atoms with Crippen LogP contribution in [0.25, 0.3) is 17.0 Å². The van der Waals surface area contributed by atoms with Crippen molar-refractivity contribution in [2.75, 3.05) is 25.0 Å². The van der Waals surface area contributed by atoms with Crippen LogP contribution in [0.2, 0.25) is 5.02 Å². The molecule has 0 bridgehead atoms. The van der Waals surface area contributed by atoms with Crippen LogP contribution in [0.15, 0.2) is 77.0 Å². The molecule has 1 atom stereocenters. The summed E-state index contributed by atoms with van der Waals surface area (Å²) >= 11 is 8.19. The van der Waals surface area contributed by atoms with Gasteiger partial charge in [0.2, 0.25) is 0 Å². The molecule has 2 aliphatic rings. The number of rotatable bonds is 6. The van der Waals surface area contributed by atoms with Crippen LogP contribution >= 0.6 is 23.4 Å². The van der Waals surface area contributed by atoms with Gasteiger partial charge in [-0.05, 0) is 54.0 Å². The van der Waals surface area contributed by atoms with Gasteiger partial charge in [0.05, 0.1) is 23.5 Å². The quantitative estimate of drug-likeness (QED) is 0.245. The predicted molar refractivity (Wildman–Crippen MR) is 170 cm³/mol. The number of hydrogen-bond donors (Lipinski definition) is 3. The fourth-order valence-electron chi connectivity index (χ4n) is 6.44. The molecule has 5 aromatic rings. The molecule has 44 heavy (non-hydrogen) atoms. The van der Waals surface area contributed by atoms with Gasteiger partial charge in [0.15, 0.2) is 11.5 Å². The third kappa shape index (κ3) is 4.99. The van der Waals surface area contributed by atoms with Crippen molar-refractivity contribution in [1.29, 1.82) is 0 Å². The first-order valence-electron chi connectivity index (χ1n) is 14.5. The number of aromatic nitrogens is 5. The lowest BCUT2D eigenvalue weighted by Gasteiger charge is -2.42. The van der Waals surface area contributed by atoms with Crippen molar-refractivity contribution in [3.05, 3.63) is 94.7 Å². The number of nitrogens with two attached hydrogens (primary N) is 1. The van der Waals surface area contributed by atoms with Crippen LogP contribution < -0.4 is 16.0 Å². The standard InChI is InChI=1S/C32H31ClN8O2S/c1-35-31(43)22-8-4-7-21(37-22)23-17-41-12-9-25(27(33)30(41)39-23)44-26-16-36-29(24(18-42)38-26)40-13-10-32(11-14-40)15-19-5-2-3-6-20(19)28(32)34/h2-9,12,16-17,28,42H,10-11,13-15,18,34H2,1H3,(H,35,43)/t28-/m1/s1. The van der Waals surface area contributed by atoms with E-state index >= 15 is 0 Å². The van der Waals surface area contributed by atoms with Crippen molar-refractivity contribution in [1.82, 2.24) is 29.7 Å². The molecule has 5 heterocycles. The molecule has 0 unspecified atom stereocenters. The number of nitrogens with zero attached hydrogens (tertiary/aromatic N) is 6. The Bertz CT molecular complexity index is 1890. The number of piperidine rings is 1. The second-order valence-electron chi connectivity index (χ2n) is 11.3. The van der Waals surface area contributed by atoms with Gasteiger partial charge in [-0.15, -0.1) is 0 Å². The number of carbonyl (C=O) groups excluding carboxylic acids is 1. The largest absolute Gasteiger partial charge is 0.390 e. The lowest BCUT2D eigenvalue weighted by molar-refractivity contribution is 0.0958. The third-order valence-electron chi connectivity index (χ3n) is 8.82.